The number of hydrogen-bond acceptors (Lipinski definition) is 7. The van der Waals surface area contributed by atoms with E-state index < -0.39 is 24.2 Å². The smallest absolute Gasteiger partial charge is 0.407 e. The summed E-state index contributed by atoms with van der Waals surface area (Å²) in [6, 6.07) is 2.52. The Labute approximate surface area is 139 Å². The Bertz CT molecular complexity index is 516. The molecule has 0 aliphatic rings. The molecular weight excluding hydrogens is 320 g/mol. The molecular formula is C15H22N2O7. The van der Waals surface area contributed by atoms with E-state index >= 15 is 0 Å². The highest BCUT2D eigenvalue weighted by atomic mass is 16.6. The fourth-order valence-electron chi connectivity index (χ4n) is 1.82. The van der Waals surface area contributed by atoms with Gasteiger partial charge in [-0.25, -0.2) is 14.4 Å². The Morgan fingerprint density at radius 2 is 1.92 bits per heavy atom. The molecule has 1 aromatic rings. The number of carbonyl (C=O) groups is 3. The van der Waals surface area contributed by atoms with Gasteiger partial charge in [0, 0.05) is 6.54 Å². The molecule has 0 aromatic carbocycles. The van der Waals surface area contributed by atoms with E-state index in [-0.39, 0.29) is 6.61 Å². The van der Waals surface area contributed by atoms with Crippen molar-refractivity contribution in [1.82, 2.24) is 10.6 Å². The molecule has 0 aliphatic carbocycles. The van der Waals surface area contributed by atoms with Crippen LogP contribution in [-0.4, -0.2) is 45.0 Å². The normalized spacial score (nSPS) is 11.2. The maximum absolute atomic E-state index is 12.1. The van der Waals surface area contributed by atoms with Gasteiger partial charge in [-0.1, -0.05) is 0 Å². The van der Waals surface area contributed by atoms with Crippen LogP contribution < -0.4 is 10.6 Å². The summed E-state index contributed by atoms with van der Waals surface area (Å²) >= 11 is 0. The van der Waals surface area contributed by atoms with Gasteiger partial charge in [0.2, 0.25) is 0 Å². The number of esters is 1. The van der Waals surface area contributed by atoms with E-state index in [1.807, 2.05) is 0 Å². The van der Waals surface area contributed by atoms with Gasteiger partial charge in [0.1, 0.15) is 18.4 Å². The van der Waals surface area contributed by atoms with Crippen LogP contribution in [0.5, 0.6) is 0 Å². The van der Waals surface area contributed by atoms with Gasteiger partial charge in [0.25, 0.3) is 0 Å². The first kappa shape index (κ1) is 19.3. The Balaban J connectivity index is 2.39. The quantitative estimate of drug-likeness (QED) is 0.397. The van der Waals surface area contributed by atoms with Gasteiger partial charge in [-0.05, 0) is 31.4 Å². The van der Waals surface area contributed by atoms with Crippen LogP contribution >= 0.6 is 0 Å². The van der Waals surface area contributed by atoms with Gasteiger partial charge in [0.05, 0.1) is 20.5 Å². The Morgan fingerprint density at radius 1 is 1.17 bits per heavy atom. The predicted molar refractivity (Wildman–Crippen MR) is 82.1 cm³/mol. The lowest BCUT2D eigenvalue weighted by atomic mass is 10.1. The molecule has 0 bridgehead atoms. The molecule has 0 spiro atoms. The molecule has 1 aromatic heterocycles. The zero-order chi connectivity index (χ0) is 17.8. The third-order valence-corrected chi connectivity index (χ3v) is 3.07. The highest BCUT2D eigenvalue weighted by Gasteiger charge is 2.22. The molecule has 2 amide bonds. The van der Waals surface area contributed by atoms with Crippen LogP contribution in [0, 0.1) is 0 Å². The van der Waals surface area contributed by atoms with Crippen LogP contribution in [0.1, 0.15) is 25.0 Å². The number of methoxy groups -OCH3 is 2. The summed E-state index contributed by atoms with van der Waals surface area (Å²) in [5.74, 6) is -0.0832. The number of furan rings is 1. The Morgan fingerprint density at radius 3 is 2.54 bits per heavy atom. The fourth-order valence-corrected chi connectivity index (χ4v) is 1.82. The molecule has 1 atom stereocenters. The minimum absolute atomic E-state index is 0.0188. The minimum atomic E-state index is -0.842. The topological polar surface area (TPSA) is 116 Å². The van der Waals surface area contributed by atoms with E-state index in [0.29, 0.717) is 31.6 Å². The highest BCUT2D eigenvalue weighted by molar-refractivity contribution is 5.81. The molecule has 0 saturated heterocycles. The van der Waals surface area contributed by atoms with Crippen LogP contribution in [-0.2, 0) is 25.6 Å². The molecule has 134 valence electrons. The van der Waals surface area contributed by atoms with Crippen molar-refractivity contribution in [2.24, 2.45) is 0 Å². The highest BCUT2D eigenvalue weighted by Crippen LogP contribution is 2.07. The summed E-state index contributed by atoms with van der Waals surface area (Å²) in [6.45, 7) is 0.383. The Kier molecular flexibility index (Phi) is 8.80. The number of ether oxygens (including phenoxy) is 3. The zero-order valence-electron chi connectivity index (χ0n) is 13.7. The lowest BCUT2D eigenvalue weighted by molar-refractivity contribution is -0.148. The second-order valence-corrected chi connectivity index (χ2v) is 4.79. The number of alkyl carbamates (subject to hydrolysis) is 2. The number of amides is 2. The van der Waals surface area contributed by atoms with E-state index in [9.17, 15) is 14.4 Å². The molecule has 9 heteroatoms. The van der Waals surface area contributed by atoms with Gasteiger partial charge in [-0.15, -0.1) is 0 Å². The van der Waals surface area contributed by atoms with E-state index in [1.165, 1.54) is 20.5 Å². The number of unbranched alkanes of at least 4 members (excludes halogenated alkanes) is 1. The number of rotatable bonds is 9. The third kappa shape index (κ3) is 7.52. The molecule has 0 aliphatic heterocycles. The Hall–Kier alpha value is -2.71. The van der Waals surface area contributed by atoms with Crippen molar-refractivity contribution in [3.05, 3.63) is 24.2 Å². The van der Waals surface area contributed by atoms with E-state index in [1.54, 1.807) is 12.1 Å². The summed E-state index contributed by atoms with van der Waals surface area (Å²) in [5.41, 5.74) is 0. The van der Waals surface area contributed by atoms with Gasteiger partial charge < -0.3 is 29.3 Å². The van der Waals surface area contributed by atoms with Gasteiger partial charge in [0.15, 0.2) is 0 Å². The molecule has 2 N–H and O–H groups in total. The predicted octanol–water partition coefficient (Wildman–Crippen LogP) is 1.57. The van der Waals surface area contributed by atoms with E-state index in [0.717, 1.165) is 0 Å². The number of hydrogen-bond donors (Lipinski definition) is 2. The first-order valence-corrected chi connectivity index (χ1v) is 7.42. The third-order valence-electron chi connectivity index (χ3n) is 3.07. The molecule has 1 heterocycles. The minimum Gasteiger partial charge on any atom is -0.466 e. The van der Waals surface area contributed by atoms with Crippen molar-refractivity contribution < 1.29 is 33.0 Å². The van der Waals surface area contributed by atoms with Crippen molar-refractivity contribution in [2.75, 3.05) is 20.8 Å². The fraction of sp³-hybridized carbons (Fsp3) is 0.533. The lowest BCUT2D eigenvalue weighted by Gasteiger charge is -2.16. The van der Waals surface area contributed by atoms with E-state index in [4.69, 9.17) is 9.15 Å². The monoisotopic (exact) mass is 342 g/mol. The van der Waals surface area contributed by atoms with Crippen LogP contribution in [0.15, 0.2) is 22.8 Å². The van der Waals surface area contributed by atoms with Crippen LogP contribution in [0.25, 0.3) is 0 Å². The van der Waals surface area contributed by atoms with Gasteiger partial charge in [-0.3, -0.25) is 0 Å². The first-order chi connectivity index (χ1) is 11.6. The molecule has 9 nitrogen and oxygen atoms in total. The number of carbonyl (C=O) groups excluding carboxylic acids is 3. The maximum Gasteiger partial charge on any atom is 0.407 e. The average Bonchev–Trinajstić information content (AvgIpc) is 3.11. The molecule has 1 unspecified atom stereocenters. The lowest BCUT2D eigenvalue weighted by Crippen LogP contribution is -2.41. The van der Waals surface area contributed by atoms with Crippen molar-refractivity contribution in [3.8, 4) is 0 Å². The van der Waals surface area contributed by atoms with Gasteiger partial charge >= 0.3 is 18.2 Å². The summed E-state index contributed by atoms with van der Waals surface area (Å²) in [5, 5.41) is 4.96. The SMILES string of the molecule is COC(=O)NCCCCC(NC(=O)OC)C(=O)OCc1ccco1. The summed E-state index contributed by atoms with van der Waals surface area (Å²) in [7, 11) is 2.49. The largest absolute Gasteiger partial charge is 0.466 e. The van der Waals surface area contributed by atoms with Crippen molar-refractivity contribution in [2.45, 2.75) is 31.9 Å². The van der Waals surface area contributed by atoms with Crippen molar-refractivity contribution in [1.29, 1.82) is 0 Å². The second-order valence-electron chi connectivity index (χ2n) is 4.79. The second kappa shape index (κ2) is 10.9. The zero-order valence-corrected chi connectivity index (χ0v) is 13.7. The summed E-state index contributed by atoms with van der Waals surface area (Å²) in [6.07, 6.45) is 1.77. The standard InChI is InChI=1S/C15H22N2O7/c1-21-14(19)16-8-4-3-7-12(17-15(20)22-2)13(18)24-10-11-6-5-9-23-11/h5-6,9,12H,3-4,7-8,10H2,1-2H3,(H,16,19)(H,17,20). The van der Waals surface area contributed by atoms with Crippen LogP contribution in [0.2, 0.25) is 0 Å². The van der Waals surface area contributed by atoms with Crippen LogP contribution in [0.4, 0.5) is 9.59 Å². The maximum atomic E-state index is 12.1. The molecule has 24 heavy (non-hydrogen) atoms. The molecule has 1 rings (SSSR count). The van der Waals surface area contributed by atoms with E-state index in [2.05, 4.69) is 20.1 Å². The van der Waals surface area contributed by atoms with Gasteiger partial charge in [-0.2, -0.15) is 0 Å². The molecule has 0 fully saturated rings. The van der Waals surface area contributed by atoms with Crippen LogP contribution in [0.3, 0.4) is 0 Å². The number of nitrogens with one attached hydrogen (secondary N) is 2. The van der Waals surface area contributed by atoms with Crippen molar-refractivity contribution in [3.63, 3.8) is 0 Å². The average molecular weight is 342 g/mol. The van der Waals surface area contributed by atoms with Crippen molar-refractivity contribution >= 4 is 18.2 Å². The molecule has 0 saturated carbocycles. The first-order valence-electron chi connectivity index (χ1n) is 7.42. The summed E-state index contributed by atoms with van der Waals surface area (Å²) < 4.78 is 19.1. The summed E-state index contributed by atoms with van der Waals surface area (Å²) in [4.78, 5) is 34.3. The molecule has 0 radical (unpaired) electrons.